The number of hydrogen-bond donors (Lipinski definition) is 3. The number of rotatable bonds is 7. The summed E-state index contributed by atoms with van der Waals surface area (Å²) in [4.78, 5) is 15.8. The van der Waals surface area contributed by atoms with E-state index in [1.807, 2.05) is 30.3 Å². The van der Waals surface area contributed by atoms with Gasteiger partial charge in [0.05, 0.1) is 29.0 Å². The molecular formula is C19H16F3N3O2S. The van der Waals surface area contributed by atoms with Crippen LogP contribution in [0.5, 0.6) is 0 Å². The number of hydrogen-bond acceptors (Lipinski definition) is 5. The van der Waals surface area contributed by atoms with E-state index in [0.717, 1.165) is 17.5 Å². The fraction of sp³-hybridized carbons (Fsp3) is 0.158. The molecule has 0 atom stereocenters. The summed E-state index contributed by atoms with van der Waals surface area (Å²) in [5.74, 6) is -0.948. The van der Waals surface area contributed by atoms with Gasteiger partial charge in [-0.15, -0.1) is 0 Å². The van der Waals surface area contributed by atoms with Crippen molar-refractivity contribution in [3.63, 3.8) is 0 Å². The van der Waals surface area contributed by atoms with Gasteiger partial charge in [-0.25, -0.2) is 4.98 Å². The minimum absolute atomic E-state index is 0.163. The molecule has 3 aromatic rings. The van der Waals surface area contributed by atoms with Crippen molar-refractivity contribution >= 4 is 34.5 Å². The topological polar surface area (TPSA) is 74.2 Å². The highest BCUT2D eigenvalue weighted by atomic mass is 32.2. The fourth-order valence-corrected chi connectivity index (χ4v) is 3.16. The maximum absolute atomic E-state index is 12.6. The number of benzene rings is 2. The number of carboxylic acids is 1. The van der Waals surface area contributed by atoms with Crippen LogP contribution in [0.3, 0.4) is 0 Å². The van der Waals surface area contributed by atoms with E-state index >= 15 is 0 Å². The third kappa shape index (κ3) is 5.14. The SMILES string of the molecule is O=C(O)CNCc1ccc2cccc(NSc3ccc(C(F)(F)F)cc3)c2n1. The zero-order chi connectivity index (χ0) is 20.1. The van der Waals surface area contributed by atoms with Crippen molar-refractivity contribution in [2.24, 2.45) is 0 Å². The Kier molecular flexibility index (Phi) is 6.05. The molecule has 0 aliphatic carbocycles. The number of carboxylic acid groups (broad SMARTS) is 1. The van der Waals surface area contributed by atoms with E-state index in [1.165, 1.54) is 24.1 Å². The van der Waals surface area contributed by atoms with Crippen molar-refractivity contribution in [1.82, 2.24) is 10.3 Å². The van der Waals surface area contributed by atoms with Crippen LogP contribution >= 0.6 is 11.9 Å². The Morgan fingerprint density at radius 1 is 1.07 bits per heavy atom. The number of nitrogens with zero attached hydrogens (tertiary/aromatic N) is 1. The van der Waals surface area contributed by atoms with Crippen LogP contribution in [0.2, 0.25) is 0 Å². The predicted octanol–water partition coefficient (Wildman–Crippen LogP) is 4.55. The van der Waals surface area contributed by atoms with E-state index in [9.17, 15) is 18.0 Å². The number of aliphatic carboxylic acids is 1. The third-order valence-corrected chi connectivity index (χ3v) is 4.65. The van der Waals surface area contributed by atoms with E-state index < -0.39 is 17.7 Å². The third-order valence-electron chi connectivity index (χ3n) is 3.82. The Bertz CT molecular complexity index is 978. The summed E-state index contributed by atoms with van der Waals surface area (Å²) in [5.41, 5.74) is 1.39. The number of halogens is 3. The maximum Gasteiger partial charge on any atom is 0.416 e. The number of fused-ring (bicyclic) bond motifs is 1. The molecule has 0 fully saturated rings. The van der Waals surface area contributed by atoms with Crippen LogP contribution in [-0.4, -0.2) is 22.6 Å². The Balaban J connectivity index is 1.74. The summed E-state index contributed by atoms with van der Waals surface area (Å²) < 4.78 is 41.1. The standard InChI is InChI=1S/C19H16F3N3O2S/c20-19(21,22)13-5-8-15(9-6-13)28-25-16-3-1-2-12-4-7-14(24-18(12)16)10-23-11-17(26)27/h1-9,23,25H,10-11H2,(H,26,27). The lowest BCUT2D eigenvalue weighted by atomic mass is 10.2. The lowest BCUT2D eigenvalue weighted by Gasteiger charge is -2.11. The van der Waals surface area contributed by atoms with Gasteiger partial charge in [0.15, 0.2) is 0 Å². The van der Waals surface area contributed by atoms with Crippen molar-refractivity contribution in [3.8, 4) is 0 Å². The van der Waals surface area contributed by atoms with E-state index in [4.69, 9.17) is 5.11 Å². The first kappa shape index (κ1) is 20.0. The zero-order valence-corrected chi connectivity index (χ0v) is 15.3. The summed E-state index contributed by atoms with van der Waals surface area (Å²) >= 11 is 1.18. The van der Waals surface area contributed by atoms with E-state index in [-0.39, 0.29) is 6.54 Å². The molecule has 1 aromatic heterocycles. The van der Waals surface area contributed by atoms with Crippen molar-refractivity contribution in [2.75, 3.05) is 11.3 Å². The number of aromatic nitrogens is 1. The van der Waals surface area contributed by atoms with Gasteiger partial charge in [0, 0.05) is 16.8 Å². The van der Waals surface area contributed by atoms with E-state index in [1.54, 1.807) is 0 Å². The molecular weight excluding hydrogens is 391 g/mol. The largest absolute Gasteiger partial charge is 0.480 e. The van der Waals surface area contributed by atoms with Gasteiger partial charge in [0.2, 0.25) is 0 Å². The minimum Gasteiger partial charge on any atom is -0.480 e. The predicted molar refractivity (Wildman–Crippen MR) is 102 cm³/mol. The van der Waals surface area contributed by atoms with Gasteiger partial charge in [-0.1, -0.05) is 18.2 Å². The molecule has 0 spiro atoms. The van der Waals surface area contributed by atoms with Crippen LogP contribution < -0.4 is 10.0 Å². The molecule has 0 unspecified atom stereocenters. The summed E-state index contributed by atoms with van der Waals surface area (Å²) in [7, 11) is 0. The Labute approximate surface area is 163 Å². The highest BCUT2D eigenvalue weighted by Crippen LogP contribution is 2.32. The van der Waals surface area contributed by atoms with Crippen LogP contribution in [0.4, 0.5) is 18.9 Å². The second kappa shape index (κ2) is 8.49. The average molecular weight is 407 g/mol. The van der Waals surface area contributed by atoms with Crippen molar-refractivity contribution in [1.29, 1.82) is 0 Å². The molecule has 0 aliphatic heterocycles. The van der Waals surface area contributed by atoms with Crippen LogP contribution in [0.15, 0.2) is 59.5 Å². The normalized spacial score (nSPS) is 11.5. The number of nitrogens with one attached hydrogen (secondary N) is 2. The van der Waals surface area contributed by atoms with Crippen molar-refractivity contribution in [3.05, 3.63) is 65.9 Å². The van der Waals surface area contributed by atoms with Crippen molar-refractivity contribution in [2.45, 2.75) is 17.6 Å². The molecule has 0 bridgehead atoms. The maximum atomic E-state index is 12.6. The lowest BCUT2D eigenvalue weighted by Crippen LogP contribution is -2.22. The summed E-state index contributed by atoms with van der Waals surface area (Å²) in [6, 6.07) is 14.1. The number of pyridine rings is 1. The van der Waals surface area contributed by atoms with Gasteiger partial charge in [-0.2, -0.15) is 13.2 Å². The van der Waals surface area contributed by atoms with Gasteiger partial charge in [0.25, 0.3) is 0 Å². The molecule has 5 nitrogen and oxygen atoms in total. The van der Waals surface area contributed by atoms with E-state index in [2.05, 4.69) is 15.0 Å². The number of anilines is 1. The van der Waals surface area contributed by atoms with Crippen LogP contribution in [0.25, 0.3) is 10.9 Å². The molecule has 0 aliphatic rings. The van der Waals surface area contributed by atoms with Gasteiger partial charge in [0.1, 0.15) is 0 Å². The monoisotopic (exact) mass is 407 g/mol. The first-order valence-corrected chi connectivity index (χ1v) is 9.06. The van der Waals surface area contributed by atoms with Gasteiger partial charge in [-0.05, 0) is 48.3 Å². The molecule has 3 rings (SSSR count). The highest BCUT2D eigenvalue weighted by molar-refractivity contribution is 8.00. The molecule has 0 radical (unpaired) electrons. The van der Waals surface area contributed by atoms with Crippen LogP contribution in [0, 0.1) is 0 Å². The second-order valence-electron chi connectivity index (χ2n) is 5.90. The molecule has 0 saturated heterocycles. The molecule has 0 amide bonds. The molecule has 0 saturated carbocycles. The minimum atomic E-state index is -4.36. The molecule has 28 heavy (non-hydrogen) atoms. The van der Waals surface area contributed by atoms with Gasteiger partial charge in [-0.3, -0.25) is 4.79 Å². The van der Waals surface area contributed by atoms with Crippen LogP contribution in [-0.2, 0) is 17.5 Å². The highest BCUT2D eigenvalue weighted by Gasteiger charge is 2.29. The first-order valence-electron chi connectivity index (χ1n) is 8.24. The second-order valence-corrected chi connectivity index (χ2v) is 6.78. The molecule has 146 valence electrons. The quantitative estimate of drug-likeness (QED) is 0.499. The van der Waals surface area contributed by atoms with Gasteiger partial charge < -0.3 is 15.1 Å². The number of alkyl halides is 3. The van der Waals surface area contributed by atoms with Crippen molar-refractivity contribution < 1.29 is 23.1 Å². The Morgan fingerprint density at radius 2 is 1.82 bits per heavy atom. The first-order chi connectivity index (χ1) is 13.3. The van der Waals surface area contributed by atoms with Crippen LogP contribution in [0.1, 0.15) is 11.3 Å². The van der Waals surface area contributed by atoms with Gasteiger partial charge >= 0.3 is 12.1 Å². The molecule has 3 N–H and O–H groups in total. The van der Waals surface area contributed by atoms with E-state index in [0.29, 0.717) is 28.3 Å². The molecule has 2 aromatic carbocycles. The summed E-state index contributed by atoms with van der Waals surface area (Å²) in [6.45, 7) is 0.145. The molecule has 9 heteroatoms. The average Bonchev–Trinajstić information content (AvgIpc) is 2.65. The Hall–Kier alpha value is -2.78. The smallest absolute Gasteiger partial charge is 0.416 e. The summed E-state index contributed by atoms with van der Waals surface area (Å²) in [5, 5.41) is 12.4. The fourth-order valence-electron chi connectivity index (χ4n) is 2.49. The number of carbonyl (C=O) groups is 1. The summed E-state index contributed by atoms with van der Waals surface area (Å²) in [6.07, 6.45) is -4.36. The Morgan fingerprint density at radius 3 is 2.50 bits per heavy atom. The lowest BCUT2D eigenvalue weighted by molar-refractivity contribution is -0.138. The zero-order valence-electron chi connectivity index (χ0n) is 14.5. The number of para-hydroxylation sites is 1. The molecule has 1 heterocycles.